The Morgan fingerprint density at radius 3 is 2.76 bits per heavy atom. The SMILES string of the molecule is CCCNc1nc(Cc2csc(C)n2)nc2sc(C)cc12. The molecule has 1 N–H and O–H groups in total. The van der Waals surface area contributed by atoms with Crippen molar-refractivity contribution in [3.05, 3.63) is 32.8 Å². The van der Waals surface area contributed by atoms with E-state index >= 15 is 0 Å². The molecule has 3 heterocycles. The maximum atomic E-state index is 4.71. The summed E-state index contributed by atoms with van der Waals surface area (Å²) in [4.78, 5) is 16.2. The zero-order chi connectivity index (χ0) is 14.8. The monoisotopic (exact) mass is 318 g/mol. The van der Waals surface area contributed by atoms with E-state index in [1.54, 1.807) is 22.7 Å². The van der Waals surface area contributed by atoms with Crippen LogP contribution in [-0.4, -0.2) is 21.5 Å². The van der Waals surface area contributed by atoms with Crippen LogP contribution in [0.15, 0.2) is 11.4 Å². The summed E-state index contributed by atoms with van der Waals surface area (Å²) in [6, 6.07) is 2.16. The average molecular weight is 318 g/mol. The van der Waals surface area contributed by atoms with Crippen LogP contribution in [-0.2, 0) is 6.42 Å². The largest absolute Gasteiger partial charge is 0.369 e. The molecule has 0 radical (unpaired) electrons. The summed E-state index contributed by atoms with van der Waals surface area (Å²) in [5.74, 6) is 1.79. The highest BCUT2D eigenvalue weighted by atomic mass is 32.1. The molecule has 0 unspecified atom stereocenters. The van der Waals surface area contributed by atoms with Gasteiger partial charge in [0.25, 0.3) is 0 Å². The molecular formula is C15H18N4S2. The molecule has 0 fully saturated rings. The van der Waals surface area contributed by atoms with Gasteiger partial charge in [-0.1, -0.05) is 6.92 Å². The second-order valence-electron chi connectivity index (χ2n) is 5.03. The van der Waals surface area contributed by atoms with E-state index < -0.39 is 0 Å². The fourth-order valence-electron chi connectivity index (χ4n) is 2.19. The number of rotatable bonds is 5. The molecule has 0 spiro atoms. The Kier molecular flexibility index (Phi) is 4.17. The van der Waals surface area contributed by atoms with E-state index in [0.717, 1.165) is 45.5 Å². The summed E-state index contributed by atoms with van der Waals surface area (Å²) in [6.45, 7) is 7.22. The Balaban J connectivity index is 1.98. The lowest BCUT2D eigenvalue weighted by Gasteiger charge is -2.07. The minimum Gasteiger partial charge on any atom is -0.369 e. The van der Waals surface area contributed by atoms with Gasteiger partial charge in [0.2, 0.25) is 0 Å². The van der Waals surface area contributed by atoms with Crippen LogP contribution >= 0.6 is 22.7 Å². The van der Waals surface area contributed by atoms with Crippen molar-refractivity contribution in [3.63, 3.8) is 0 Å². The zero-order valence-electron chi connectivity index (χ0n) is 12.4. The molecule has 0 bridgehead atoms. The molecule has 6 heteroatoms. The number of nitrogens with one attached hydrogen (secondary N) is 1. The van der Waals surface area contributed by atoms with Gasteiger partial charge in [-0.25, -0.2) is 15.0 Å². The van der Waals surface area contributed by atoms with Crippen molar-refractivity contribution < 1.29 is 0 Å². The van der Waals surface area contributed by atoms with E-state index in [9.17, 15) is 0 Å². The van der Waals surface area contributed by atoms with Crippen molar-refractivity contribution in [2.75, 3.05) is 11.9 Å². The van der Waals surface area contributed by atoms with Gasteiger partial charge in [-0.15, -0.1) is 22.7 Å². The molecule has 0 saturated heterocycles. The van der Waals surface area contributed by atoms with Crippen LogP contribution in [0, 0.1) is 13.8 Å². The first-order valence-corrected chi connectivity index (χ1v) is 8.77. The third-order valence-electron chi connectivity index (χ3n) is 3.11. The number of thiazole rings is 1. The quantitative estimate of drug-likeness (QED) is 0.767. The van der Waals surface area contributed by atoms with Gasteiger partial charge in [-0.2, -0.15) is 0 Å². The van der Waals surface area contributed by atoms with Crippen LogP contribution < -0.4 is 5.32 Å². The maximum Gasteiger partial charge on any atom is 0.138 e. The molecule has 0 aliphatic carbocycles. The molecular weight excluding hydrogens is 300 g/mol. The van der Waals surface area contributed by atoms with Crippen LogP contribution in [0.1, 0.15) is 34.7 Å². The number of aromatic nitrogens is 3. The molecule has 0 aromatic carbocycles. The van der Waals surface area contributed by atoms with Gasteiger partial charge >= 0.3 is 0 Å². The van der Waals surface area contributed by atoms with E-state index in [1.807, 2.05) is 6.92 Å². The van der Waals surface area contributed by atoms with Crippen LogP contribution in [0.3, 0.4) is 0 Å². The number of hydrogen-bond acceptors (Lipinski definition) is 6. The van der Waals surface area contributed by atoms with Crippen LogP contribution in [0.5, 0.6) is 0 Å². The summed E-state index contributed by atoms with van der Waals surface area (Å²) in [5.41, 5.74) is 1.05. The van der Waals surface area contributed by atoms with Gasteiger partial charge in [0.1, 0.15) is 16.5 Å². The topological polar surface area (TPSA) is 50.7 Å². The first-order chi connectivity index (χ1) is 10.2. The molecule has 4 nitrogen and oxygen atoms in total. The van der Waals surface area contributed by atoms with Crippen molar-refractivity contribution in [3.8, 4) is 0 Å². The number of nitrogens with zero attached hydrogens (tertiary/aromatic N) is 3. The van der Waals surface area contributed by atoms with E-state index in [-0.39, 0.29) is 0 Å². The highest BCUT2D eigenvalue weighted by molar-refractivity contribution is 7.18. The number of aryl methyl sites for hydroxylation is 2. The third-order valence-corrected chi connectivity index (χ3v) is 4.88. The van der Waals surface area contributed by atoms with Crippen LogP contribution in [0.25, 0.3) is 10.2 Å². The van der Waals surface area contributed by atoms with E-state index in [4.69, 9.17) is 9.97 Å². The predicted molar refractivity (Wildman–Crippen MR) is 90.6 cm³/mol. The lowest BCUT2D eigenvalue weighted by Crippen LogP contribution is -2.06. The molecule has 0 saturated carbocycles. The Hall–Kier alpha value is -1.53. The van der Waals surface area contributed by atoms with E-state index in [2.05, 4.69) is 35.6 Å². The Bertz CT molecular complexity index is 760. The van der Waals surface area contributed by atoms with Gasteiger partial charge < -0.3 is 5.32 Å². The normalized spacial score (nSPS) is 11.2. The lowest BCUT2D eigenvalue weighted by atomic mass is 10.3. The van der Waals surface area contributed by atoms with Crippen molar-refractivity contribution in [1.82, 2.24) is 15.0 Å². The molecule has 0 amide bonds. The van der Waals surface area contributed by atoms with Crippen molar-refractivity contribution in [2.24, 2.45) is 0 Å². The van der Waals surface area contributed by atoms with Crippen molar-refractivity contribution in [1.29, 1.82) is 0 Å². The van der Waals surface area contributed by atoms with Crippen LogP contribution in [0.4, 0.5) is 5.82 Å². The second-order valence-corrected chi connectivity index (χ2v) is 7.32. The zero-order valence-corrected chi connectivity index (χ0v) is 14.1. The van der Waals surface area contributed by atoms with Gasteiger partial charge in [0.05, 0.1) is 22.5 Å². The Morgan fingerprint density at radius 2 is 2.05 bits per heavy atom. The number of hydrogen-bond donors (Lipinski definition) is 1. The molecule has 0 aliphatic rings. The molecule has 110 valence electrons. The number of anilines is 1. The fraction of sp³-hybridized carbons (Fsp3) is 0.400. The minimum absolute atomic E-state index is 0.692. The van der Waals surface area contributed by atoms with Crippen molar-refractivity contribution >= 4 is 38.7 Å². The highest BCUT2D eigenvalue weighted by Crippen LogP contribution is 2.29. The maximum absolute atomic E-state index is 4.71. The van der Waals surface area contributed by atoms with E-state index in [1.165, 1.54) is 4.88 Å². The number of fused-ring (bicyclic) bond motifs is 1. The molecule has 0 atom stereocenters. The predicted octanol–water partition coefficient (Wildman–Crippen LogP) is 4.18. The van der Waals surface area contributed by atoms with Gasteiger partial charge in [0.15, 0.2) is 0 Å². The Labute approximate surface area is 132 Å². The number of thiophene rings is 1. The average Bonchev–Trinajstić information content (AvgIpc) is 3.01. The van der Waals surface area contributed by atoms with Gasteiger partial charge in [-0.3, -0.25) is 0 Å². The summed E-state index contributed by atoms with van der Waals surface area (Å²) in [7, 11) is 0. The third kappa shape index (κ3) is 3.22. The van der Waals surface area contributed by atoms with Crippen molar-refractivity contribution in [2.45, 2.75) is 33.6 Å². The van der Waals surface area contributed by atoms with Gasteiger partial charge in [-0.05, 0) is 26.3 Å². The lowest BCUT2D eigenvalue weighted by molar-refractivity contribution is 0.935. The summed E-state index contributed by atoms with van der Waals surface area (Å²) >= 11 is 3.39. The standard InChI is InChI=1S/C15H18N4S2/c1-4-5-16-14-12-6-9(2)21-15(12)19-13(18-14)7-11-8-20-10(3)17-11/h6,8H,4-5,7H2,1-3H3,(H,16,18,19). The van der Waals surface area contributed by atoms with Crippen LogP contribution in [0.2, 0.25) is 0 Å². The minimum atomic E-state index is 0.692. The summed E-state index contributed by atoms with van der Waals surface area (Å²) < 4.78 is 0. The molecule has 3 aromatic heterocycles. The van der Waals surface area contributed by atoms with E-state index in [0.29, 0.717) is 6.42 Å². The highest BCUT2D eigenvalue weighted by Gasteiger charge is 2.11. The first-order valence-electron chi connectivity index (χ1n) is 7.07. The van der Waals surface area contributed by atoms with Gasteiger partial charge in [0, 0.05) is 16.8 Å². The second kappa shape index (κ2) is 6.07. The Morgan fingerprint density at radius 1 is 1.19 bits per heavy atom. The first kappa shape index (κ1) is 14.4. The fourth-order valence-corrected chi connectivity index (χ4v) is 3.71. The summed E-state index contributed by atoms with van der Waals surface area (Å²) in [5, 5.41) is 7.72. The molecule has 3 rings (SSSR count). The summed E-state index contributed by atoms with van der Waals surface area (Å²) in [6.07, 6.45) is 1.77. The molecule has 21 heavy (non-hydrogen) atoms. The molecule has 3 aromatic rings. The molecule has 0 aliphatic heterocycles. The smallest absolute Gasteiger partial charge is 0.138 e.